The number of anilines is 1. The summed E-state index contributed by atoms with van der Waals surface area (Å²) in [5, 5.41) is 12.0. The summed E-state index contributed by atoms with van der Waals surface area (Å²) < 4.78 is 1.59. The van der Waals surface area contributed by atoms with Gasteiger partial charge in [0.15, 0.2) is 0 Å². The summed E-state index contributed by atoms with van der Waals surface area (Å²) in [6, 6.07) is 5.56. The van der Waals surface area contributed by atoms with Crippen molar-refractivity contribution in [2.75, 3.05) is 5.32 Å². The number of para-hydroxylation sites is 1. The monoisotopic (exact) mass is 403 g/mol. The molecule has 1 aliphatic carbocycles. The average molecular weight is 405 g/mol. The fourth-order valence-electron chi connectivity index (χ4n) is 2.49. The Labute approximate surface area is 134 Å². The van der Waals surface area contributed by atoms with Crippen molar-refractivity contribution in [3.05, 3.63) is 27.1 Å². The van der Waals surface area contributed by atoms with E-state index in [1.807, 2.05) is 18.2 Å². The first kappa shape index (κ1) is 15.5. The molecular weight excluding hydrogens is 390 g/mol. The highest BCUT2D eigenvalue weighted by molar-refractivity contribution is 9.11. The van der Waals surface area contributed by atoms with Crippen molar-refractivity contribution >= 4 is 49.4 Å². The molecule has 4 nitrogen and oxygen atoms in total. The van der Waals surface area contributed by atoms with Crippen LogP contribution in [0.4, 0.5) is 5.69 Å². The Balaban J connectivity index is 2.06. The number of hydrogen-bond donors (Lipinski definition) is 2. The molecule has 2 rings (SSSR count). The topological polar surface area (TPSA) is 66.4 Å². The smallest absolute Gasteiger partial charge is 0.306 e. The molecule has 2 N–H and O–H groups in total. The van der Waals surface area contributed by atoms with Crippen LogP contribution in [0, 0.1) is 11.8 Å². The molecule has 1 amide bonds. The predicted molar refractivity (Wildman–Crippen MR) is 83.6 cm³/mol. The maximum atomic E-state index is 12.3. The van der Waals surface area contributed by atoms with Crippen LogP contribution in [0.3, 0.4) is 0 Å². The highest BCUT2D eigenvalue weighted by atomic mass is 79.9. The highest BCUT2D eigenvalue weighted by Gasteiger charge is 2.31. The van der Waals surface area contributed by atoms with E-state index in [9.17, 15) is 9.59 Å². The van der Waals surface area contributed by atoms with Gasteiger partial charge in [-0.2, -0.15) is 0 Å². The maximum Gasteiger partial charge on any atom is 0.306 e. The third-order valence-corrected chi connectivity index (χ3v) is 4.93. The highest BCUT2D eigenvalue weighted by Crippen LogP contribution is 2.34. The number of carbonyl (C=O) groups excluding carboxylic acids is 1. The third-order valence-electron chi connectivity index (χ3n) is 3.61. The number of rotatable bonds is 3. The van der Waals surface area contributed by atoms with Gasteiger partial charge in [0.05, 0.1) is 11.6 Å². The van der Waals surface area contributed by atoms with Crippen LogP contribution >= 0.6 is 31.9 Å². The van der Waals surface area contributed by atoms with E-state index in [-0.39, 0.29) is 11.8 Å². The molecule has 108 valence electrons. The summed E-state index contributed by atoms with van der Waals surface area (Å²) in [7, 11) is 0. The van der Waals surface area contributed by atoms with Crippen LogP contribution in [0.5, 0.6) is 0 Å². The summed E-state index contributed by atoms with van der Waals surface area (Å²) in [5.41, 5.74) is 0.690. The van der Waals surface area contributed by atoms with Gasteiger partial charge >= 0.3 is 5.97 Å². The second-order valence-electron chi connectivity index (χ2n) is 4.98. The zero-order chi connectivity index (χ0) is 14.7. The van der Waals surface area contributed by atoms with Gasteiger partial charge in [-0.05, 0) is 63.3 Å². The van der Waals surface area contributed by atoms with Crippen molar-refractivity contribution in [2.24, 2.45) is 11.8 Å². The van der Waals surface area contributed by atoms with Crippen molar-refractivity contribution in [2.45, 2.75) is 25.7 Å². The van der Waals surface area contributed by atoms with Gasteiger partial charge in [-0.3, -0.25) is 9.59 Å². The van der Waals surface area contributed by atoms with E-state index in [0.29, 0.717) is 18.5 Å². The third kappa shape index (κ3) is 3.61. The van der Waals surface area contributed by atoms with Gasteiger partial charge < -0.3 is 10.4 Å². The maximum absolute atomic E-state index is 12.3. The number of nitrogens with one attached hydrogen (secondary N) is 1. The van der Waals surface area contributed by atoms with Crippen LogP contribution < -0.4 is 5.32 Å². The van der Waals surface area contributed by atoms with Crippen molar-refractivity contribution in [3.8, 4) is 0 Å². The zero-order valence-corrected chi connectivity index (χ0v) is 13.9. The van der Waals surface area contributed by atoms with Gasteiger partial charge in [0.2, 0.25) is 5.91 Å². The lowest BCUT2D eigenvalue weighted by Crippen LogP contribution is -2.31. The number of benzene rings is 1. The largest absolute Gasteiger partial charge is 0.481 e. The lowest BCUT2D eigenvalue weighted by atomic mass is 9.81. The molecule has 0 heterocycles. The molecule has 2 unspecified atom stereocenters. The van der Waals surface area contributed by atoms with E-state index in [2.05, 4.69) is 37.2 Å². The summed E-state index contributed by atoms with van der Waals surface area (Å²) in [5.74, 6) is -1.54. The van der Waals surface area contributed by atoms with Crippen LogP contribution in [0.15, 0.2) is 27.1 Å². The number of aliphatic carboxylic acids is 1. The molecular formula is C14H15Br2NO3. The minimum atomic E-state index is -0.801. The second-order valence-corrected chi connectivity index (χ2v) is 6.69. The van der Waals surface area contributed by atoms with Gasteiger partial charge in [0, 0.05) is 14.9 Å². The molecule has 0 aliphatic heterocycles. The van der Waals surface area contributed by atoms with E-state index >= 15 is 0 Å². The molecule has 2 atom stereocenters. The predicted octanol–water partition coefficient (Wildman–Crippen LogP) is 4.04. The van der Waals surface area contributed by atoms with E-state index in [0.717, 1.165) is 21.8 Å². The lowest BCUT2D eigenvalue weighted by molar-refractivity contribution is -0.143. The Morgan fingerprint density at radius 3 is 2.35 bits per heavy atom. The Morgan fingerprint density at radius 2 is 1.75 bits per heavy atom. The van der Waals surface area contributed by atoms with E-state index in [4.69, 9.17) is 5.11 Å². The molecule has 1 fully saturated rings. The summed E-state index contributed by atoms with van der Waals surface area (Å²) >= 11 is 6.79. The molecule has 20 heavy (non-hydrogen) atoms. The quantitative estimate of drug-likeness (QED) is 0.798. The molecule has 1 aliphatic rings. The average Bonchev–Trinajstić information content (AvgIpc) is 2.43. The second kappa shape index (κ2) is 6.72. The molecule has 0 aromatic heterocycles. The lowest BCUT2D eigenvalue weighted by Gasteiger charge is -2.26. The Hall–Kier alpha value is -0.880. The van der Waals surface area contributed by atoms with Crippen molar-refractivity contribution in [3.63, 3.8) is 0 Å². The summed E-state index contributed by atoms with van der Waals surface area (Å²) in [6.07, 6.45) is 2.62. The summed E-state index contributed by atoms with van der Waals surface area (Å²) in [4.78, 5) is 23.3. The molecule has 6 heteroatoms. The fourth-order valence-corrected chi connectivity index (χ4v) is 3.69. The number of carboxylic acid groups (broad SMARTS) is 1. The molecule has 1 aromatic rings. The first-order valence-corrected chi connectivity index (χ1v) is 8.05. The molecule has 0 spiro atoms. The van der Waals surface area contributed by atoms with Crippen LogP contribution in [0.2, 0.25) is 0 Å². The van der Waals surface area contributed by atoms with E-state index < -0.39 is 11.9 Å². The van der Waals surface area contributed by atoms with Gasteiger partial charge in [0.1, 0.15) is 0 Å². The number of hydrogen-bond acceptors (Lipinski definition) is 2. The van der Waals surface area contributed by atoms with Crippen LogP contribution in [-0.4, -0.2) is 17.0 Å². The fraction of sp³-hybridized carbons (Fsp3) is 0.429. The first-order chi connectivity index (χ1) is 9.49. The van der Waals surface area contributed by atoms with Gasteiger partial charge in [-0.25, -0.2) is 0 Å². The number of carbonyl (C=O) groups is 2. The van der Waals surface area contributed by atoms with Gasteiger partial charge in [-0.1, -0.05) is 12.5 Å². The SMILES string of the molecule is O=C(O)C1CCCC(C(=O)Nc2c(Br)cccc2Br)C1. The van der Waals surface area contributed by atoms with Crippen molar-refractivity contribution in [1.29, 1.82) is 0 Å². The first-order valence-electron chi connectivity index (χ1n) is 6.46. The van der Waals surface area contributed by atoms with E-state index in [1.165, 1.54) is 0 Å². The van der Waals surface area contributed by atoms with Crippen molar-refractivity contribution < 1.29 is 14.7 Å². The van der Waals surface area contributed by atoms with Crippen molar-refractivity contribution in [1.82, 2.24) is 0 Å². The van der Waals surface area contributed by atoms with Crippen LogP contribution in [-0.2, 0) is 9.59 Å². The Bertz CT molecular complexity index is 513. The van der Waals surface area contributed by atoms with Gasteiger partial charge in [-0.15, -0.1) is 0 Å². The van der Waals surface area contributed by atoms with Crippen LogP contribution in [0.25, 0.3) is 0 Å². The number of halogens is 2. The number of carboxylic acids is 1. The number of amides is 1. The summed E-state index contributed by atoms with van der Waals surface area (Å²) in [6.45, 7) is 0. The molecule has 0 saturated heterocycles. The van der Waals surface area contributed by atoms with E-state index in [1.54, 1.807) is 0 Å². The zero-order valence-electron chi connectivity index (χ0n) is 10.7. The molecule has 1 saturated carbocycles. The molecule has 0 radical (unpaired) electrons. The normalized spacial score (nSPS) is 22.3. The molecule has 0 bridgehead atoms. The minimum Gasteiger partial charge on any atom is -0.481 e. The standard InChI is InChI=1S/C14H15Br2NO3/c15-10-5-2-6-11(16)12(10)17-13(18)8-3-1-4-9(7-8)14(19)20/h2,5-6,8-9H,1,3-4,7H2,(H,17,18)(H,19,20). The van der Waals surface area contributed by atoms with Crippen LogP contribution in [0.1, 0.15) is 25.7 Å². The Morgan fingerprint density at radius 1 is 1.15 bits per heavy atom. The Kier molecular flexibility index (Phi) is 5.21. The minimum absolute atomic E-state index is 0.108. The molecule has 1 aromatic carbocycles. The van der Waals surface area contributed by atoms with Gasteiger partial charge in [0.25, 0.3) is 0 Å².